The van der Waals surface area contributed by atoms with Crippen LogP contribution in [-0.4, -0.2) is 16.2 Å². The first-order valence-electron chi connectivity index (χ1n) is 5.05. The number of benzene rings is 1. The summed E-state index contributed by atoms with van der Waals surface area (Å²) in [4.78, 5) is 11.9. The second-order valence-electron chi connectivity index (χ2n) is 3.55. The van der Waals surface area contributed by atoms with E-state index in [1.807, 2.05) is 11.4 Å². The van der Waals surface area contributed by atoms with Gasteiger partial charge in [-0.3, -0.25) is 0 Å². The zero-order chi connectivity index (χ0) is 13.1. The molecule has 0 amide bonds. The minimum Gasteiger partial charge on any atom is -0.507 e. The molecule has 92 valence electrons. The maximum atomic E-state index is 11.2. The van der Waals surface area contributed by atoms with E-state index in [1.54, 1.807) is 24.3 Å². The molecule has 0 bridgehead atoms. The van der Waals surface area contributed by atoms with Crippen LogP contribution >= 0.6 is 27.3 Å². The molecule has 2 rings (SSSR count). The van der Waals surface area contributed by atoms with Gasteiger partial charge in [-0.25, -0.2) is 4.79 Å². The molecule has 0 fully saturated rings. The normalized spacial score (nSPS) is 11.5. The fourth-order valence-corrected chi connectivity index (χ4v) is 2.58. The van der Waals surface area contributed by atoms with Crippen LogP contribution in [0.1, 0.15) is 10.4 Å². The number of carbonyl (C=O) groups is 1. The average molecular weight is 325 g/mol. The van der Waals surface area contributed by atoms with Gasteiger partial charge in [0, 0.05) is 4.88 Å². The molecule has 1 aromatic heterocycles. The lowest BCUT2D eigenvalue weighted by molar-refractivity contribution is -0.130. The fourth-order valence-electron chi connectivity index (χ4n) is 1.45. The molecule has 0 unspecified atom stereocenters. The summed E-state index contributed by atoms with van der Waals surface area (Å²) in [6, 6.07) is 8.43. The molecule has 1 aromatic carbocycles. The topological polar surface area (TPSA) is 57.5 Å². The summed E-state index contributed by atoms with van der Waals surface area (Å²) in [6.07, 6.45) is 1.58. The third kappa shape index (κ3) is 2.80. The number of hydrogen-bond acceptors (Lipinski definition) is 3. The first-order valence-corrected chi connectivity index (χ1v) is 6.72. The Bertz CT molecular complexity index is 603. The van der Waals surface area contributed by atoms with Crippen molar-refractivity contribution in [2.45, 2.75) is 0 Å². The number of phenols is 1. The quantitative estimate of drug-likeness (QED) is 0.843. The number of hydrogen-bond donors (Lipinski definition) is 2. The second kappa shape index (κ2) is 5.37. The highest BCUT2D eigenvalue weighted by molar-refractivity contribution is 9.10. The average Bonchev–Trinajstić information content (AvgIpc) is 2.83. The van der Waals surface area contributed by atoms with Crippen molar-refractivity contribution in [3.63, 3.8) is 0 Å². The molecule has 0 spiro atoms. The van der Waals surface area contributed by atoms with Crippen molar-refractivity contribution in [2.24, 2.45) is 0 Å². The van der Waals surface area contributed by atoms with Crippen molar-refractivity contribution < 1.29 is 15.0 Å². The van der Waals surface area contributed by atoms with Crippen LogP contribution in [0.15, 0.2) is 40.2 Å². The van der Waals surface area contributed by atoms with E-state index in [4.69, 9.17) is 0 Å². The van der Waals surface area contributed by atoms with E-state index in [1.165, 1.54) is 17.4 Å². The van der Waals surface area contributed by atoms with E-state index < -0.39 is 5.97 Å². The van der Waals surface area contributed by atoms with Crippen LogP contribution < -0.4 is 0 Å². The summed E-state index contributed by atoms with van der Waals surface area (Å²) in [6.45, 7) is 0. The van der Waals surface area contributed by atoms with E-state index in [0.717, 1.165) is 0 Å². The molecule has 0 radical (unpaired) electrons. The Kier molecular flexibility index (Phi) is 3.84. The van der Waals surface area contributed by atoms with Gasteiger partial charge in [0.1, 0.15) is 5.75 Å². The zero-order valence-corrected chi connectivity index (χ0v) is 11.5. The van der Waals surface area contributed by atoms with Crippen LogP contribution in [0, 0.1) is 0 Å². The Labute approximate surface area is 116 Å². The van der Waals surface area contributed by atoms with Gasteiger partial charge < -0.3 is 10.2 Å². The SMILES string of the molecule is O=C(O)/C(=C\c1ccc(O)c(Br)c1)c1cccs1. The van der Waals surface area contributed by atoms with Gasteiger partial charge in [-0.05, 0) is 51.1 Å². The number of carboxylic acid groups (broad SMARTS) is 1. The van der Waals surface area contributed by atoms with Crippen molar-refractivity contribution in [1.29, 1.82) is 0 Å². The number of halogens is 1. The van der Waals surface area contributed by atoms with Gasteiger partial charge in [-0.2, -0.15) is 0 Å². The molecule has 2 aromatic rings. The third-order valence-corrected chi connectivity index (χ3v) is 3.84. The number of aromatic hydroxyl groups is 1. The van der Waals surface area contributed by atoms with Crippen LogP contribution in [0.2, 0.25) is 0 Å². The smallest absolute Gasteiger partial charge is 0.337 e. The number of carboxylic acids is 1. The number of thiophene rings is 1. The van der Waals surface area contributed by atoms with Crippen molar-refractivity contribution in [3.05, 3.63) is 50.6 Å². The Hall–Kier alpha value is -1.59. The Morgan fingerprint density at radius 1 is 1.33 bits per heavy atom. The van der Waals surface area contributed by atoms with Gasteiger partial charge >= 0.3 is 5.97 Å². The summed E-state index contributed by atoms with van der Waals surface area (Å²) < 4.78 is 0.534. The predicted octanol–water partition coefficient (Wildman–Crippen LogP) is 3.84. The van der Waals surface area contributed by atoms with Crippen molar-refractivity contribution in [1.82, 2.24) is 0 Å². The van der Waals surface area contributed by atoms with Crippen LogP contribution in [0.4, 0.5) is 0 Å². The lowest BCUT2D eigenvalue weighted by atomic mass is 10.1. The van der Waals surface area contributed by atoms with Gasteiger partial charge in [0.05, 0.1) is 10.0 Å². The van der Waals surface area contributed by atoms with Crippen LogP contribution in [0.5, 0.6) is 5.75 Å². The van der Waals surface area contributed by atoms with Crippen molar-refractivity contribution in [2.75, 3.05) is 0 Å². The van der Waals surface area contributed by atoms with Gasteiger partial charge in [0.25, 0.3) is 0 Å². The Morgan fingerprint density at radius 2 is 2.11 bits per heavy atom. The molecule has 0 saturated carbocycles. The minimum absolute atomic E-state index is 0.125. The summed E-state index contributed by atoms with van der Waals surface area (Å²) in [7, 11) is 0. The lowest BCUT2D eigenvalue weighted by Gasteiger charge is -2.02. The highest BCUT2D eigenvalue weighted by atomic mass is 79.9. The van der Waals surface area contributed by atoms with E-state index >= 15 is 0 Å². The molecule has 0 saturated heterocycles. The van der Waals surface area contributed by atoms with Gasteiger partial charge in [0.2, 0.25) is 0 Å². The highest BCUT2D eigenvalue weighted by Gasteiger charge is 2.11. The Morgan fingerprint density at radius 3 is 2.67 bits per heavy atom. The molecule has 0 aliphatic heterocycles. The molecule has 3 nitrogen and oxygen atoms in total. The number of aliphatic carboxylic acids is 1. The van der Waals surface area contributed by atoms with Crippen LogP contribution in [0.3, 0.4) is 0 Å². The largest absolute Gasteiger partial charge is 0.507 e. The second-order valence-corrected chi connectivity index (χ2v) is 5.35. The van der Waals surface area contributed by atoms with Gasteiger partial charge in [-0.1, -0.05) is 12.1 Å². The van der Waals surface area contributed by atoms with Gasteiger partial charge in [0.15, 0.2) is 0 Å². The van der Waals surface area contributed by atoms with E-state index in [-0.39, 0.29) is 11.3 Å². The van der Waals surface area contributed by atoms with E-state index in [2.05, 4.69) is 15.9 Å². The summed E-state index contributed by atoms with van der Waals surface area (Å²) in [5.41, 5.74) is 0.952. The summed E-state index contributed by atoms with van der Waals surface area (Å²) in [5, 5.41) is 20.4. The molecule has 1 heterocycles. The lowest BCUT2D eigenvalue weighted by Crippen LogP contribution is -1.97. The maximum Gasteiger partial charge on any atom is 0.337 e. The van der Waals surface area contributed by atoms with E-state index in [0.29, 0.717) is 14.9 Å². The molecular formula is C13H9BrO3S. The molecule has 18 heavy (non-hydrogen) atoms. The zero-order valence-electron chi connectivity index (χ0n) is 9.13. The molecule has 2 N–H and O–H groups in total. The first-order chi connectivity index (χ1) is 8.58. The molecule has 5 heteroatoms. The molecule has 0 aliphatic rings. The van der Waals surface area contributed by atoms with Crippen molar-refractivity contribution >= 4 is 44.9 Å². The number of phenolic OH excluding ortho intramolecular Hbond substituents is 1. The molecule has 0 atom stereocenters. The Balaban J connectivity index is 2.45. The first kappa shape index (κ1) is 12.9. The fraction of sp³-hybridized carbons (Fsp3) is 0. The highest BCUT2D eigenvalue weighted by Crippen LogP contribution is 2.28. The standard InChI is InChI=1S/C13H9BrO3S/c14-10-7-8(3-4-11(10)15)6-9(13(16)17)12-2-1-5-18-12/h1-7,15H,(H,16,17)/b9-6-. The minimum atomic E-state index is -0.971. The predicted molar refractivity (Wildman–Crippen MR) is 75.6 cm³/mol. The number of rotatable bonds is 3. The summed E-state index contributed by atoms with van der Waals surface area (Å²) >= 11 is 4.57. The maximum absolute atomic E-state index is 11.2. The monoisotopic (exact) mass is 324 g/mol. The summed E-state index contributed by atoms with van der Waals surface area (Å²) in [5.74, 6) is -0.846. The molecule has 0 aliphatic carbocycles. The van der Waals surface area contributed by atoms with Crippen LogP contribution in [0.25, 0.3) is 11.6 Å². The van der Waals surface area contributed by atoms with Gasteiger partial charge in [-0.15, -0.1) is 11.3 Å². The van der Waals surface area contributed by atoms with Crippen molar-refractivity contribution in [3.8, 4) is 5.75 Å². The van der Waals surface area contributed by atoms with Crippen LogP contribution in [-0.2, 0) is 4.79 Å². The molecular weight excluding hydrogens is 316 g/mol. The van der Waals surface area contributed by atoms with E-state index in [9.17, 15) is 15.0 Å². The third-order valence-electron chi connectivity index (χ3n) is 2.30.